The molecule has 10 heteroatoms. The molecule has 0 bridgehead atoms. The van der Waals surface area contributed by atoms with Crippen LogP contribution in [0, 0.1) is 20.2 Å². The first-order valence-corrected chi connectivity index (χ1v) is 6.34. The van der Waals surface area contributed by atoms with Crippen molar-refractivity contribution >= 4 is 11.4 Å². The fourth-order valence-corrected chi connectivity index (χ4v) is 1.45. The van der Waals surface area contributed by atoms with Crippen LogP contribution >= 0.6 is 0 Å². The van der Waals surface area contributed by atoms with E-state index in [1.54, 1.807) is 12.4 Å². The minimum atomic E-state index is -0.949. The number of nitro benzene ring substituents is 2. The van der Waals surface area contributed by atoms with Gasteiger partial charge in [-0.2, -0.15) is 0 Å². The maximum atomic E-state index is 10.8. The van der Waals surface area contributed by atoms with Gasteiger partial charge in [0.1, 0.15) is 5.75 Å². The molecule has 0 saturated carbocycles. The molecule has 1 aromatic carbocycles. The Labute approximate surface area is 130 Å². The van der Waals surface area contributed by atoms with Crippen LogP contribution in [0.15, 0.2) is 42.7 Å². The number of nitrogen functional groups attached to an aromatic ring is 1. The van der Waals surface area contributed by atoms with E-state index in [9.17, 15) is 25.3 Å². The van der Waals surface area contributed by atoms with Gasteiger partial charge in [0.15, 0.2) is 0 Å². The predicted molar refractivity (Wildman–Crippen MR) is 77.2 cm³/mol. The molecular weight excluding hydrogens is 308 g/mol. The maximum absolute atomic E-state index is 10.8. The molecular formula is C13H14N4O6. The minimum absolute atomic E-state index is 0.466. The zero-order valence-electron chi connectivity index (χ0n) is 12.1. The fourth-order valence-electron chi connectivity index (χ4n) is 1.45. The van der Waals surface area contributed by atoms with Crippen molar-refractivity contribution in [3.63, 3.8) is 0 Å². The molecule has 1 heterocycles. The quantitative estimate of drug-likeness (QED) is 0.376. The Morgan fingerprint density at radius 1 is 1.13 bits per heavy atom. The first-order valence-electron chi connectivity index (χ1n) is 6.34. The third kappa shape index (κ3) is 5.46. The highest BCUT2D eigenvalue weighted by molar-refractivity contribution is 5.51. The van der Waals surface area contributed by atoms with E-state index in [1.165, 1.54) is 4.68 Å². The Hall–Kier alpha value is -3.43. The molecule has 0 aliphatic rings. The standard InChI is InChI=1S/C7H11N2O.C6H4N2O5/c1-2-10-7-3-5-9(8)6-4-7;9-6-2-1-4(7(10)11)3-5(6)8(12)13/h3-6H,2,8H2,1H3;1-3,9H/q+1;/p-1. The molecule has 0 aliphatic heterocycles. The maximum Gasteiger partial charge on any atom is 0.276 e. The van der Waals surface area contributed by atoms with Crippen molar-refractivity contribution in [3.8, 4) is 11.5 Å². The predicted octanol–water partition coefficient (Wildman–Crippen LogP) is 0.663. The normalized spacial score (nSPS) is 9.43. The summed E-state index contributed by atoms with van der Waals surface area (Å²) < 4.78 is 6.67. The van der Waals surface area contributed by atoms with Crippen LogP contribution in [-0.2, 0) is 0 Å². The van der Waals surface area contributed by atoms with Crippen LogP contribution in [-0.4, -0.2) is 16.5 Å². The highest BCUT2D eigenvalue weighted by atomic mass is 16.6. The zero-order chi connectivity index (χ0) is 17.4. The molecule has 122 valence electrons. The van der Waals surface area contributed by atoms with E-state index in [4.69, 9.17) is 10.6 Å². The summed E-state index contributed by atoms with van der Waals surface area (Å²) in [5.41, 5.74) is -1.25. The van der Waals surface area contributed by atoms with E-state index in [0.29, 0.717) is 12.7 Å². The summed E-state index contributed by atoms with van der Waals surface area (Å²) in [4.78, 5) is 18.6. The first-order chi connectivity index (χ1) is 10.8. The smallest absolute Gasteiger partial charge is 0.276 e. The molecule has 0 amide bonds. The lowest BCUT2D eigenvalue weighted by Crippen LogP contribution is -2.43. The third-order valence-corrected chi connectivity index (χ3v) is 2.48. The Morgan fingerprint density at radius 2 is 1.74 bits per heavy atom. The second-order valence-corrected chi connectivity index (χ2v) is 4.08. The number of rotatable bonds is 4. The molecule has 0 saturated heterocycles. The summed E-state index contributed by atoms with van der Waals surface area (Å²) in [6.07, 6.45) is 3.48. The summed E-state index contributed by atoms with van der Waals surface area (Å²) >= 11 is 0. The van der Waals surface area contributed by atoms with Crippen molar-refractivity contribution in [2.24, 2.45) is 0 Å². The highest BCUT2D eigenvalue weighted by Gasteiger charge is 2.13. The van der Waals surface area contributed by atoms with E-state index in [2.05, 4.69) is 0 Å². The van der Waals surface area contributed by atoms with Gasteiger partial charge >= 0.3 is 0 Å². The molecule has 2 N–H and O–H groups in total. The van der Waals surface area contributed by atoms with Gasteiger partial charge in [0, 0.05) is 18.2 Å². The Balaban J connectivity index is 0.000000238. The van der Waals surface area contributed by atoms with E-state index >= 15 is 0 Å². The molecule has 0 atom stereocenters. The topological polar surface area (TPSA) is 148 Å². The van der Waals surface area contributed by atoms with Crippen molar-refractivity contribution in [2.75, 3.05) is 12.4 Å². The number of pyridine rings is 1. The number of hydrogen-bond donors (Lipinski definition) is 1. The molecule has 0 fully saturated rings. The molecule has 1 aromatic heterocycles. The molecule has 0 spiro atoms. The number of benzene rings is 1. The van der Waals surface area contributed by atoms with Crippen LogP contribution in [0.4, 0.5) is 11.4 Å². The summed E-state index contributed by atoms with van der Waals surface area (Å²) in [7, 11) is 0. The van der Waals surface area contributed by atoms with Gasteiger partial charge in [-0.25, -0.2) is 5.84 Å². The lowest BCUT2D eigenvalue weighted by Gasteiger charge is -2.03. The molecule has 0 radical (unpaired) electrons. The van der Waals surface area contributed by atoms with Crippen molar-refractivity contribution < 1.29 is 24.4 Å². The molecule has 10 nitrogen and oxygen atoms in total. The molecule has 2 rings (SSSR count). The van der Waals surface area contributed by atoms with Crippen LogP contribution in [0.25, 0.3) is 0 Å². The van der Waals surface area contributed by atoms with Crippen LogP contribution in [0.3, 0.4) is 0 Å². The SMILES string of the molecule is CCOc1cc[n+](N)cc1.O=[N+]([O-])c1ccc([O-])c([N+](=O)[O-])c1. The van der Waals surface area contributed by atoms with Gasteiger partial charge in [0.05, 0.1) is 22.5 Å². The number of aromatic nitrogens is 1. The van der Waals surface area contributed by atoms with Gasteiger partial charge in [-0.15, -0.1) is 0 Å². The van der Waals surface area contributed by atoms with E-state index in [0.717, 1.165) is 17.9 Å². The number of nitro groups is 2. The van der Waals surface area contributed by atoms with Gasteiger partial charge in [0.25, 0.3) is 11.4 Å². The van der Waals surface area contributed by atoms with Crippen molar-refractivity contribution in [2.45, 2.75) is 6.92 Å². The van der Waals surface area contributed by atoms with Gasteiger partial charge in [-0.3, -0.25) is 20.2 Å². The van der Waals surface area contributed by atoms with Crippen molar-refractivity contribution in [1.82, 2.24) is 0 Å². The van der Waals surface area contributed by atoms with E-state index < -0.39 is 27.0 Å². The Bertz CT molecular complexity index is 689. The molecule has 0 unspecified atom stereocenters. The number of ether oxygens (including phenoxy) is 1. The fraction of sp³-hybridized carbons (Fsp3) is 0.154. The van der Waals surface area contributed by atoms with Crippen molar-refractivity contribution in [1.29, 1.82) is 0 Å². The lowest BCUT2D eigenvalue weighted by molar-refractivity contribution is -0.639. The third-order valence-electron chi connectivity index (χ3n) is 2.48. The molecule has 23 heavy (non-hydrogen) atoms. The highest BCUT2D eigenvalue weighted by Crippen LogP contribution is 2.27. The van der Waals surface area contributed by atoms with Crippen LogP contribution in [0.2, 0.25) is 0 Å². The second-order valence-electron chi connectivity index (χ2n) is 4.08. The van der Waals surface area contributed by atoms with Crippen LogP contribution in [0.1, 0.15) is 6.92 Å². The average Bonchev–Trinajstić information content (AvgIpc) is 2.50. The van der Waals surface area contributed by atoms with E-state index in [1.807, 2.05) is 19.1 Å². The Morgan fingerprint density at radius 3 is 2.22 bits per heavy atom. The van der Waals surface area contributed by atoms with Gasteiger partial charge in [-0.1, -0.05) is 10.7 Å². The minimum Gasteiger partial charge on any atom is -0.868 e. The summed E-state index contributed by atoms with van der Waals surface area (Å²) in [6.45, 7) is 2.64. The Kier molecular flexibility index (Phi) is 6.22. The summed E-state index contributed by atoms with van der Waals surface area (Å²) in [6, 6.07) is 6.01. The molecule has 2 aromatic rings. The first kappa shape index (κ1) is 17.6. The number of nitrogens with two attached hydrogens (primary N) is 1. The monoisotopic (exact) mass is 322 g/mol. The average molecular weight is 322 g/mol. The number of nitrogens with zero attached hydrogens (tertiary/aromatic N) is 3. The van der Waals surface area contributed by atoms with E-state index in [-0.39, 0.29) is 0 Å². The zero-order valence-corrected chi connectivity index (χ0v) is 12.1. The van der Waals surface area contributed by atoms with Gasteiger partial charge in [0.2, 0.25) is 12.4 Å². The van der Waals surface area contributed by atoms with Gasteiger partial charge < -0.3 is 9.84 Å². The number of hydrogen-bond acceptors (Lipinski definition) is 7. The second kappa shape index (κ2) is 8.12. The molecule has 0 aliphatic carbocycles. The summed E-state index contributed by atoms with van der Waals surface area (Å²) in [5, 5.41) is 31.1. The van der Waals surface area contributed by atoms with Crippen LogP contribution in [0.5, 0.6) is 11.5 Å². The largest absolute Gasteiger partial charge is 0.868 e. The van der Waals surface area contributed by atoms with Gasteiger partial charge in [-0.05, 0) is 12.7 Å². The number of non-ortho nitro benzene ring substituents is 1. The summed E-state index contributed by atoms with van der Waals surface area (Å²) in [5.74, 6) is 5.40. The van der Waals surface area contributed by atoms with Crippen molar-refractivity contribution in [3.05, 3.63) is 63.0 Å². The van der Waals surface area contributed by atoms with Crippen LogP contribution < -0.4 is 20.4 Å². The lowest BCUT2D eigenvalue weighted by atomic mass is 10.2.